The smallest absolute Gasteiger partial charge is 0.410 e. The topological polar surface area (TPSA) is 48.0 Å². The van der Waals surface area contributed by atoms with Crippen molar-refractivity contribution in [3.63, 3.8) is 0 Å². The molecule has 0 N–H and O–H groups in total. The van der Waals surface area contributed by atoms with Crippen LogP contribution in [0, 0.1) is 0 Å². The number of rotatable bonds is 1. The summed E-state index contributed by atoms with van der Waals surface area (Å²) in [7, 11) is 0. The van der Waals surface area contributed by atoms with Gasteiger partial charge in [-0.25, -0.2) is 4.79 Å². The van der Waals surface area contributed by atoms with E-state index >= 15 is 0 Å². The van der Waals surface area contributed by atoms with E-state index in [2.05, 4.69) is 0 Å². The molecule has 5 heteroatoms. The number of nitrogens with zero attached hydrogens (tertiary/aromatic N) is 1. The molecule has 0 spiro atoms. The number of hydrogen-bond acceptors (Lipinski definition) is 4. The number of carbonyl (C=O) groups is 1. The van der Waals surface area contributed by atoms with E-state index < -0.39 is 0 Å². The highest BCUT2D eigenvalue weighted by Gasteiger charge is 2.47. The van der Waals surface area contributed by atoms with Crippen molar-refractivity contribution in [1.82, 2.24) is 4.90 Å². The summed E-state index contributed by atoms with van der Waals surface area (Å²) >= 11 is 0. The molecule has 0 radical (unpaired) electrons. The third kappa shape index (κ3) is 2.26. The maximum atomic E-state index is 12.1. The van der Waals surface area contributed by atoms with Gasteiger partial charge in [-0.2, -0.15) is 0 Å². The Morgan fingerprint density at radius 3 is 2.82 bits per heavy atom. The van der Waals surface area contributed by atoms with E-state index in [0.29, 0.717) is 19.8 Å². The maximum absolute atomic E-state index is 12.1. The van der Waals surface area contributed by atoms with E-state index in [1.807, 2.05) is 13.8 Å². The van der Waals surface area contributed by atoms with Crippen molar-refractivity contribution >= 4 is 6.09 Å². The Balaban J connectivity index is 1.73. The van der Waals surface area contributed by atoms with Crippen LogP contribution in [0.5, 0.6) is 0 Å². The number of amides is 1. The van der Waals surface area contributed by atoms with Crippen molar-refractivity contribution in [2.24, 2.45) is 0 Å². The predicted octanol–water partition coefficient (Wildman–Crippen LogP) is 1.16. The second-order valence-corrected chi connectivity index (χ2v) is 5.73. The molecule has 2 atom stereocenters. The molecule has 5 nitrogen and oxygen atoms in total. The van der Waals surface area contributed by atoms with Gasteiger partial charge in [0.05, 0.1) is 31.4 Å². The number of fused-ring (bicyclic) bond motifs is 1. The zero-order chi connectivity index (χ0) is 12.0. The SMILES string of the molecule is CC1(C)CN(C(=O)OC2CC2)[C@@H]2COC[C@H]2O1. The van der Waals surface area contributed by atoms with Gasteiger partial charge in [-0.3, -0.25) is 4.90 Å². The van der Waals surface area contributed by atoms with Crippen molar-refractivity contribution in [3.8, 4) is 0 Å². The third-order valence-electron chi connectivity index (χ3n) is 3.45. The molecule has 0 unspecified atom stereocenters. The highest BCUT2D eigenvalue weighted by atomic mass is 16.6. The predicted molar refractivity (Wildman–Crippen MR) is 59.8 cm³/mol. The molecule has 1 amide bonds. The van der Waals surface area contributed by atoms with E-state index in [9.17, 15) is 4.79 Å². The Morgan fingerprint density at radius 2 is 2.12 bits per heavy atom. The fraction of sp³-hybridized carbons (Fsp3) is 0.917. The van der Waals surface area contributed by atoms with Crippen molar-refractivity contribution in [1.29, 1.82) is 0 Å². The molecule has 1 aliphatic carbocycles. The fourth-order valence-electron chi connectivity index (χ4n) is 2.50. The standard InChI is InChI=1S/C12H19NO4/c1-12(2)7-13(11(14)16-8-3-4-8)9-5-15-6-10(9)17-12/h8-10H,3-7H2,1-2H3/t9-,10-/m1/s1. The van der Waals surface area contributed by atoms with Crippen LogP contribution in [-0.2, 0) is 14.2 Å². The second-order valence-electron chi connectivity index (χ2n) is 5.73. The molecular formula is C12H19NO4. The molecule has 0 aromatic heterocycles. The Bertz CT molecular complexity index is 326. The van der Waals surface area contributed by atoms with Gasteiger partial charge in [-0.15, -0.1) is 0 Å². The van der Waals surface area contributed by atoms with Gasteiger partial charge < -0.3 is 14.2 Å². The first-order valence-electron chi connectivity index (χ1n) is 6.28. The van der Waals surface area contributed by atoms with Crippen LogP contribution in [0.15, 0.2) is 0 Å². The zero-order valence-electron chi connectivity index (χ0n) is 10.3. The Labute approximate surface area is 101 Å². The molecule has 1 saturated carbocycles. The minimum absolute atomic E-state index is 0.00879. The Kier molecular flexibility index (Phi) is 2.56. The summed E-state index contributed by atoms with van der Waals surface area (Å²) in [5.41, 5.74) is -0.322. The van der Waals surface area contributed by atoms with E-state index in [4.69, 9.17) is 14.2 Å². The van der Waals surface area contributed by atoms with E-state index in [-0.39, 0.29) is 29.9 Å². The van der Waals surface area contributed by atoms with Gasteiger partial charge in [0.2, 0.25) is 0 Å². The Morgan fingerprint density at radius 1 is 1.35 bits per heavy atom. The van der Waals surface area contributed by atoms with E-state index in [1.54, 1.807) is 4.90 Å². The lowest BCUT2D eigenvalue weighted by Crippen LogP contribution is -2.60. The molecule has 3 rings (SSSR count). The fourth-order valence-corrected chi connectivity index (χ4v) is 2.50. The monoisotopic (exact) mass is 241 g/mol. The maximum Gasteiger partial charge on any atom is 0.410 e. The molecule has 2 saturated heterocycles. The molecule has 96 valence electrons. The first-order valence-corrected chi connectivity index (χ1v) is 6.28. The van der Waals surface area contributed by atoms with Gasteiger partial charge >= 0.3 is 6.09 Å². The molecule has 0 aromatic rings. The molecule has 0 bridgehead atoms. The van der Waals surface area contributed by atoms with Crippen LogP contribution in [0.4, 0.5) is 4.79 Å². The van der Waals surface area contributed by atoms with Gasteiger partial charge in [-0.05, 0) is 26.7 Å². The van der Waals surface area contributed by atoms with Crippen LogP contribution in [0.2, 0.25) is 0 Å². The summed E-state index contributed by atoms with van der Waals surface area (Å²) in [5.74, 6) is 0. The van der Waals surface area contributed by atoms with Crippen molar-refractivity contribution < 1.29 is 19.0 Å². The third-order valence-corrected chi connectivity index (χ3v) is 3.45. The molecule has 3 aliphatic rings. The lowest BCUT2D eigenvalue weighted by atomic mass is 10.0. The van der Waals surface area contributed by atoms with Gasteiger partial charge in [-0.1, -0.05) is 0 Å². The van der Waals surface area contributed by atoms with Gasteiger partial charge in [0, 0.05) is 0 Å². The van der Waals surface area contributed by atoms with Crippen molar-refractivity contribution in [2.75, 3.05) is 19.8 Å². The van der Waals surface area contributed by atoms with Gasteiger partial charge in [0.1, 0.15) is 12.2 Å². The summed E-state index contributed by atoms with van der Waals surface area (Å²) in [4.78, 5) is 13.9. The quantitative estimate of drug-likeness (QED) is 0.691. The van der Waals surface area contributed by atoms with E-state index in [0.717, 1.165) is 12.8 Å². The average Bonchev–Trinajstić information content (AvgIpc) is 2.92. The van der Waals surface area contributed by atoms with Gasteiger partial charge in [0.15, 0.2) is 0 Å². The minimum Gasteiger partial charge on any atom is -0.446 e. The van der Waals surface area contributed by atoms with Crippen LogP contribution in [0.3, 0.4) is 0 Å². The number of morpholine rings is 1. The van der Waals surface area contributed by atoms with Crippen LogP contribution in [0.25, 0.3) is 0 Å². The van der Waals surface area contributed by atoms with Crippen molar-refractivity contribution in [3.05, 3.63) is 0 Å². The summed E-state index contributed by atoms with van der Waals surface area (Å²) in [5, 5.41) is 0. The van der Waals surface area contributed by atoms with Crippen molar-refractivity contribution in [2.45, 2.75) is 50.5 Å². The van der Waals surface area contributed by atoms with Gasteiger partial charge in [0.25, 0.3) is 0 Å². The van der Waals surface area contributed by atoms with E-state index in [1.165, 1.54) is 0 Å². The number of carbonyl (C=O) groups excluding carboxylic acids is 1. The molecule has 2 heterocycles. The second kappa shape index (κ2) is 3.85. The average molecular weight is 241 g/mol. The summed E-state index contributed by atoms with van der Waals surface area (Å²) in [6.45, 7) is 5.70. The first-order chi connectivity index (χ1) is 8.05. The first kappa shape index (κ1) is 11.3. The van der Waals surface area contributed by atoms with Crippen LogP contribution < -0.4 is 0 Å². The Hall–Kier alpha value is -0.810. The largest absolute Gasteiger partial charge is 0.446 e. The highest BCUT2D eigenvalue weighted by molar-refractivity contribution is 5.69. The summed E-state index contributed by atoms with van der Waals surface area (Å²) in [6, 6.07) is 0.0225. The van der Waals surface area contributed by atoms with Crippen LogP contribution in [-0.4, -0.2) is 54.6 Å². The molecule has 0 aromatic carbocycles. The molecular weight excluding hydrogens is 222 g/mol. The molecule has 17 heavy (non-hydrogen) atoms. The molecule has 3 fully saturated rings. The number of hydrogen-bond donors (Lipinski definition) is 0. The minimum atomic E-state index is -0.322. The summed E-state index contributed by atoms with van der Waals surface area (Å²) < 4.78 is 16.7. The highest BCUT2D eigenvalue weighted by Crippen LogP contribution is 2.31. The van der Waals surface area contributed by atoms with Crippen LogP contribution >= 0.6 is 0 Å². The summed E-state index contributed by atoms with van der Waals surface area (Å²) in [6.07, 6.45) is 1.94. The normalized spacial score (nSPS) is 35.5. The number of ether oxygens (including phenoxy) is 3. The lowest BCUT2D eigenvalue weighted by molar-refractivity contribution is -0.142. The molecule has 2 aliphatic heterocycles. The van der Waals surface area contributed by atoms with Crippen LogP contribution in [0.1, 0.15) is 26.7 Å². The lowest BCUT2D eigenvalue weighted by Gasteiger charge is -2.44. The zero-order valence-corrected chi connectivity index (χ0v) is 10.3.